The van der Waals surface area contributed by atoms with Crippen molar-refractivity contribution in [1.82, 2.24) is 20.4 Å². The third-order valence-electron chi connectivity index (χ3n) is 3.49. The number of aromatic nitrogens is 2. The lowest BCUT2D eigenvalue weighted by Gasteiger charge is -2.26. The maximum Gasteiger partial charge on any atom is 0.220 e. The van der Waals surface area contributed by atoms with Crippen LogP contribution in [-0.2, 0) is 11.3 Å². The van der Waals surface area contributed by atoms with Gasteiger partial charge in [0.2, 0.25) is 5.91 Å². The first-order valence-corrected chi connectivity index (χ1v) is 6.87. The molecule has 1 aromatic carbocycles. The number of carbonyl (C=O) groups excluding carboxylic acids is 1. The van der Waals surface area contributed by atoms with Crippen molar-refractivity contribution in [2.24, 2.45) is 5.92 Å². The van der Waals surface area contributed by atoms with Crippen LogP contribution in [0.4, 0.5) is 0 Å². The van der Waals surface area contributed by atoms with E-state index in [0.717, 1.165) is 24.3 Å². The second kappa shape index (κ2) is 5.88. The summed E-state index contributed by atoms with van der Waals surface area (Å²) in [5, 5.41) is 10.4. The molecule has 1 aliphatic rings. The van der Waals surface area contributed by atoms with Crippen LogP contribution in [0.15, 0.2) is 42.7 Å². The summed E-state index contributed by atoms with van der Waals surface area (Å²) in [5.74, 6) is 0.617. The number of hydrogen-bond acceptors (Lipinski definition) is 3. The lowest BCUT2D eigenvalue weighted by atomic mass is 9.99. The van der Waals surface area contributed by atoms with Gasteiger partial charge in [-0.05, 0) is 31.1 Å². The predicted octanol–water partition coefficient (Wildman–Crippen LogP) is 1.10. The van der Waals surface area contributed by atoms with Gasteiger partial charge in [0.1, 0.15) is 0 Å². The van der Waals surface area contributed by atoms with E-state index in [1.165, 1.54) is 0 Å². The minimum absolute atomic E-state index is 0.115. The standard InChI is InChI=1S/C15H18N4O/c20-15(6-12-7-16-8-12)17-9-13-10-18-19(11-13)14-4-2-1-3-5-14/h1-5,10-12,16H,6-9H2,(H,17,20). The molecule has 104 valence electrons. The summed E-state index contributed by atoms with van der Waals surface area (Å²) in [5.41, 5.74) is 2.03. The van der Waals surface area contributed by atoms with Gasteiger partial charge < -0.3 is 10.6 Å². The molecule has 2 aromatic rings. The third kappa shape index (κ3) is 3.05. The lowest BCUT2D eigenvalue weighted by Crippen LogP contribution is -2.44. The summed E-state index contributed by atoms with van der Waals surface area (Å²) >= 11 is 0. The highest BCUT2D eigenvalue weighted by Crippen LogP contribution is 2.09. The predicted molar refractivity (Wildman–Crippen MR) is 76.4 cm³/mol. The van der Waals surface area contributed by atoms with Crippen molar-refractivity contribution in [3.8, 4) is 5.69 Å². The van der Waals surface area contributed by atoms with Crippen molar-refractivity contribution >= 4 is 5.91 Å². The molecule has 5 nitrogen and oxygen atoms in total. The highest BCUT2D eigenvalue weighted by molar-refractivity contribution is 5.76. The highest BCUT2D eigenvalue weighted by atomic mass is 16.1. The van der Waals surface area contributed by atoms with Gasteiger partial charge in [0.05, 0.1) is 11.9 Å². The molecule has 1 saturated heterocycles. The molecular weight excluding hydrogens is 252 g/mol. The van der Waals surface area contributed by atoms with E-state index in [9.17, 15) is 4.79 Å². The molecule has 0 radical (unpaired) electrons. The number of nitrogens with zero attached hydrogens (tertiary/aromatic N) is 2. The van der Waals surface area contributed by atoms with Gasteiger partial charge >= 0.3 is 0 Å². The molecule has 2 heterocycles. The maximum absolute atomic E-state index is 11.7. The SMILES string of the molecule is O=C(CC1CNC1)NCc1cnn(-c2ccccc2)c1. The molecule has 1 aromatic heterocycles. The first-order chi connectivity index (χ1) is 9.81. The molecule has 0 atom stereocenters. The normalized spacial score (nSPS) is 14.8. The number of benzene rings is 1. The van der Waals surface area contributed by atoms with E-state index in [0.29, 0.717) is 18.9 Å². The molecule has 1 fully saturated rings. The molecule has 20 heavy (non-hydrogen) atoms. The quantitative estimate of drug-likeness (QED) is 0.855. The van der Waals surface area contributed by atoms with Crippen LogP contribution in [0, 0.1) is 5.92 Å². The topological polar surface area (TPSA) is 59.0 Å². The molecular formula is C15H18N4O. The summed E-state index contributed by atoms with van der Waals surface area (Å²) in [6.45, 7) is 2.45. The van der Waals surface area contributed by atoms with E-state index < -0.39 is 0 Å². The van der Waals surface area contributed by atoms with E-state index in [1.807, 2.05) is 41.2 Å². The zero-order valence-electron chi connectivity index (χ0n) is 11.2. The molecule has 1 aliphatic heterocycles. The Labute approximate surface area is 118 Å². The Morgan fingerprint density at radius 2 is 2.15 bits per heavy atom. The van der Waals surface area contributed by atoms with Crippen molar-refractivity contribution < 1.29 is 4.79 Å². The second-order valence-electron chi connectivity index (χ2n) is 5.13. The van der Waals surface area contributed by atoms with Crippen LogP contribution < -0.4 is 10.6 Å². The van der Waals surface area contributed by atoms with Gasteiger partial charge in [0.25, 0.3) is 0 Å². The van der Waals surface area contributed by atoms with Gasteiger partial charge in [-0.1, -0.05) is 18.2 Å². The first-order valence-electron chi connectivity index (χ1n) is 6.87. The number of carbonyl (C=O) groups is 1. The van der Waals surface area contributed by atoms with Gasteiger partial charge in [-0.25, -0.2) is 4.68 Å². The number of hydrogen-bond donors (Lipinski definition) is 2. The first kappa shape index (κ1) is 12.9. The summed E-state index contributed by atoms with van der Waals surface area (Å²) in [4.78, 5) is 11.7. The molecule has 0 spiro atoms. The monoisotopic (exact) mass is 270 g/mol. The largest absolute Gasteiger partial charge is 0.352 e. The zero-order valence-corrected chi connectivity index (χ0v) is 11.2. The van der Waals surface area contributed by atoms with E-state index in [4.69, 9.17) is 0 Å². The Kier molecular flexibility index (Phi) is 3.78. The van der Waals surface area contributed by atoms with Crippen LogP contribution in [-0.4, -0.2) is 28.8 Å². The van der Waals surface area contributed by atoms with Gasteiger partial charge in [-0.3, -0.25) is 4.79 Å². The molecule has 3 rings (SSSR count). The van der Waals surface area contributed by atoms with Gasteiger partial charge in [0.15, 0.2) is 0 Å². The van der Waals surface area contributed by atoms with Crippen LogP contribution in [0.3, 0.4) is 0 Å². The summed E-state index contributed by atoms with van der Waals surface area (Å²) in [7, 11) is 0. The van der Waals surface area contributed by atoms with Crippen molar-refractivity contribution in [1.29, 1.82) is 0 Å². The van der Waals surface area contributed by atoms with Crippen molar-refractivity contribution in [3.05, 3.63) is 48.3 Å². The summed E-state index contributed by atoms with van der Waals surface area (Å²) in [6.07, 6.45) is 4.35. The zero-order chi connectivity index (χ0) is 13.8. The van der Waals surface area contributed by atoms with Crippen LogP contribution in [0.1, 0.15) is 12.0 Å². The fourth-order valence-electron chi connectivity index (χ4n) is 2.20. The number of rotatable bonds is 5. The summed E-state index contributed by atoms with van der Waals surface area (Å²) in [6, 6.07) is 9.93. The third-order valence-corrected chi connectivity index (χ3v) is 3.49. The van der Waals surface area contributed by atoms with E-state index in [2.05, 4.69) is 15.7 Å². The minimum Gasteiger partial charge on any atom is -0.352 e. The fourth-order valence-corrected chi connectivity index (χ4v) is 2.20. The van der Waals surface area contributed by atoms with Gasteiger partial charge in [-0.15, -0.1) is 0 Å². The van der Waals surface area contributed by atoms with E-state index >= 15 is 0 Å². The van der Waals surface area contributed by atoms with Crippen LogP contribution in [0.25, 0.3) is 5.69 Å². The molecule has 0 saturated carbocycles. The van der Waals surface area contributed by atoms with Crippen LogP contribution >= 0.6 is 0 Å². The Bertz CT molecular complexity index is 575. The number of nitrogens with one attached hydrogen (secondary N) is 2. The summed E-state index contributed by atoms with van der Waals surface area (Å²) < 4.78 is 1.82. The Hall–Kier alpha value is -2.14. The number of amides is 1. The Morgan fingerprint density at radius 1 is 1.35 bits per heavy atom. The molecule has 0 unspecified atom stereocenters. The van der Waals surface area contributed by atoms with Crippen molar-refractivity contribution in [2.45, 2.75) is 13.0 Å². The van der Waals surface area contributed by atoms with Crippen molar-refractivity contribution in [3.63, 3.8) is 0 Å². The minimum atomic E-state index is 0.115. The number of para-hydroxylation sites is 1. The molecule has 2 N–H and O–H groups in total. The smallest absolute Gasteiger partial charge is 0.220 e. The van der Waals surface area contributed by atoms with Crippen LogP contribution in [0.2, 0.25) is 0 Å². The second-order valence-corrected chi connectivity index (χ2v) is 5.13. The average Bonchev–Trinajstić information content (AvgIpc) is 2.91. The highest BCUT2D eigenvalue weighted by Gasteiger charge is 2.19. The van der Waals surface area contributed by atoms with Crippen molar-refractivity contribution in [2.75, 3.05) is 13.1 Å². The lowest BCUT2D eigenvalue weighted by molar-refractivity contribution is -0.122. The van der Waals surface area contributed by atoms with Gasteiger partial charge in [-0.2, -0.15) is 5.10 Å². The van der Waals surface area contributed by atoms with Gasteiger partial charge in [0, 0.05) is 24.7 Å². The average molecular weight is 270 g/mol. The molecule has 1 amide bonds. The fraction of sp³-hybridized carbons (Fsp3) is 0.333. The van der Waals surface area contributed by atoms with E-state index in [1.54, 1.807) is 6.20 Å². The Balaban J connectivity index is 1.53. The molecule has 5 heteroatoms. The van der Waals surface area contributed by atoms with Crippen LogP contribution in [0.5, 0.6) is 0 Å². The molecule has 0 bridgehead atoms. The molecule has 0 aliphatic carbocycles. The Morgan fingerprint density at radius 3 is 2.85 bits per heavy atom. The van der Waals surface area contributed by atoms with E-state index in [-0.39, 0.29) is 5.91 Å². The maximum atomic E-state index is 11.7.